The van der Waals surface area contributed by atoms with Gasteiger partial charge in [0.25, 0.3) is 5.91 Å². The van der Waals surface area contributed by atoms with Gasteiger partial charge in [-0.05, 0) is 44.3 Å². The Kier molecular flexibility index (Phi) is 5.65. The molecule has 0 aliphatic heterocycles. The van der Waals surface area contributed by atoms with Crippen LogP contribution in [0.15, 0.2) is 11.4 Å². The van der Waals surface area contributed by atoms with E-state index in [0.29, 0.717) is 12.6 Å². The van der Waals surface area contributed by atoms with E-state index in [9.17, 15) is 4.79 Å². The zero-order chi connectivity index (χ0) is 12.8. The zero-order valence-corrected chi connectivity index (χ0v) is 11.9. The van der Waals surface area contributed by atoms with Crippen molar-refractivity contribution < 1.29 is 4.79 Å². The molecule has 0 saturated heterocycles. The summed E-state index contributed by atoms with van der Waals surface area (Å²) in [7, 11) is 2.09. The lowest BCUT2D eigenvalue weighted by Crippen LogP contribution is -2.37. The van der Waals surface area contributed by atoms with E-state index in [2.05, 4.69) is 31.1 Å². The van der Waals surface area contributed by atoms with E-state index in [4.69, 9.17) is 0 Å². The molecule has 1 N–H and O–H groups in total. The number of hydrogen-bond acceptors (Lipinski definition) is 3. The van der Waals surface area contributed by atoms with Gasteiger partial charge >= 0.3 is 0 Å². The molecule has 1 aromatic rings. The van der Waals surface area contributed by atoms with Crippen molar-refractivity contribution in [1.82, 2.24) is 10.2 Å². The molecule has 1 unspecified atom stereocenters. The van der Waals surface area contributed by atoms with Gasteiger partial charge in [-0.2, -0.15) is 0 Å². The van der Waals surface area contributed by atoms with Gasteiger partial charge in [-0.15, -0.1) is 11.3 Å². The first-order valence-corrected chi connectivity index (χ1v) is 6.96. The Morgan fingerprint density at radius 3 is 2.82 bits per heavy atom. The van der Waals surface area contributed by atoms with Crippen molar-refractivity contribution in [2.45, 2.75) is 33.2 Å². The van der Waals surface area contributed by atoms with E-state index in [-0.39, 0.29) is 5.91 Å². The monoisotopic (exact) mass is 254 g/mol. The Morgan fingerprint density at radius 2 is 2.29 bits per heavy atom. The number of carbonyl (C=O) groups is 1. The highest BCUT2D eigenvalue weighted by atomic mass is 32.1. The van der Waals surface area contributed by atoms with Crippen molar-refractivity contribution in [2.24, 2.45) is 0 Å². The number of aryl methyl sites for hydroxylation is 1. The Balaban J connectivity index is 2.32. The van der Waals surface area contributed by atoms with Crippen LogP contribution < -0.4 is 5.32 Å². The summed E-state index contributed by atoms with van der Waals surface area (Å²) < 4.78 is 0. The highest BCUT2D eigenvalue weighted by Gasteiger charge is 2.11. The molecule has 0 radical (unpaired) electrons. The van der Waals surface area contributed by atoms with Gasteiger partial charge in [-0.1, -0.05) is 6.92 Å². The Hall–Kier alpha value is -0.870. The maximum Gasteiger partial charge on any atom is 0.261 e. The predicted octanol–water partition coefficient (Wildman–Crippen LogP) is 2.52. The average molecular weight is 254 g/mol. The highest BCUT2D eigenvalue weighted by molar-refractivity contribution is 7.12. The lowest BCUT2D eigenvalue weighted by Gasteiger charge is -2.23. The molecule has 1 heterocycles. The van der Waals surface area contributed by atoms with Crippen molar-refractivity contribution in [2.75, 3.05) is 20.1 Å². The molecule has 1 rings (SSSR count). The van der Waals surface area contributed by atoms with Crippen molar-refractivity contribution in [3.63, 3.8) is 0 Å². The molecule has 17 heavy (non-hydrogen) atoms. The van der Waals surface area contributed by atoms with Crippen LogP contribution in [-0.4, -0.2) is 37.0 Å². The van der Waals surface area contributed by atoms with E-state index in [1.807, 2.05) is 18.4 Å². The van der Waals surface area contributed by atoms with Gasteiger partial charge in [-0.25, -0.2) is 0 Å². The predicted molar refractivity (Wildman–Crippen MR) is 73.8 cm³/mol. The van der Waals surface area contributed by atoms with Crippen LogP contribution >= 0.6 is 11.3 Å². The molecule has 0 aromatic carbocycles. The van der Waals surface area contributed by atoms with E-state index in [1.165, 1.54) is 11.3 Å². The maximum absolute atomic E-state index is 11.8. The van der Waals surface area contributed by atoms with Crippen molar-refractivity contribution >= 4 is 17.2 Å². The molecule has 0 aliphatic carbocycles. The fraction of sp³-hybridized carbons (Fsp3) is 0.615. The first-order valence-electron chi connectivity index (χ1n) is 6.08. The van der Waals surface area contributed by atoms with E-state index >= 15 is 0 Å². The average Bonchev–Trinajstić information content (AvgIpc) is 2.74. The summed E-state index contributed by atoms with van der Waals surface area (Å²) in [6, 6.07) is 2.54. The molecule has 96 valence electrons. The summed E-state index contributed by atoms with van der Waals surface area (Å²) in [6.07, 6.45) is 1.13. The van der Waals surface area contributed by atoms with Gasteiger partial charge in [0.15, 0.2) is 0 Å². The number of rotatable bonds is 6. The van der Waals surface area contributed by atoms with Gasteiger partial charge in [0.2, 0.25) is 0 Å². The number of nitrogens with one attached hydrogen (secondary N) is 1. The highest BCUT2D eigenvalue weighted by Crippen LogP contribution is 2.14. The summed E-state index contributed by atoms with van der Waals surface area (Å²) in [6.45, 7) is 7.94. The van der Waals surface area contributed by atoms with Crippen molar-refractivity contribution in [3.8, 4) is 0 Å². The lowest BCUT2D eigenvalue weighted by molar-refractivity contribution is 0.0951. The molecule has 1 amide bonds. The minimum Gasteiger partial charge on any atom is -0.350 e. The van der Waals surface area contributed by atoms with Crippen LogP contribution in [0, 0.1) is 6.92 Å². The first kappa shape index (κ1) is 14.2. The van der Waals surface area contributed by atoms with Gasteiger partial charge < -0.3 is 10.2 Å². The minimum absolute atomic E-state index is 0.0510. The number of amides is 1. The second kappa shape index (κ2) is 6.77. The fourth-order valence-corrected chi connectivity index (χ4v) is 2.40. The van der Waals surface area contributed by atoms with Gasteiger partial charge in [0, 0.05) is 19.1 Å². The third kappa shape index (κ3) is 4.13. The summed E-state index contributed by atoms with van der Waals surface area (Å²) in [5.41, 5.74) is 1.06. The molecule has 1 atom stereocenters. The Labute approximate surface area is 108 Å². The number of likely N-dealkylation sites (N-methyl/N-ethyl adjacent to an activating group) is 1. The Bertz CT molecular complexity index is 362. The normalized spacial score (nSPS) is 12.8. The molecule has 0 saturated carbocycles. The van der Waals surface area contributed by atoms with Gasteiger partial charge in [-0.3, -0.25) is 4.79 Å². The first-order chi connectivity index (χ1) is 8.06. The number of nitrogens with zero attached hydrogens (tertiary/aromatic N) is 1. The fourth-order valence-electron chi connectivity index (χ4n) is 1.56. The largest absolute Gasteiger partial charge is 0.350 e. The smallest absolute Gasteiger partial charge is 0.261 e. The number of hydrogen-bond donors (Lipinski definition) is 1. The van der Waals surface area contributed by atoms with E-state index in [0.717, 1.165) is 23.4 Å². The molecule has 1 aromatic heterocycles. The summed E-state index contributed by atoms with van der Waals surface area (Å²) in [5, 5.41) is 4.92. The van der Waals surface area contributed by atoms with Crippen LogP contribution in [0.3, 0.4) is 0 Å². The van der Waals surface area contributed by atoms with Crippen molar-refractivity contribution in [3.05, 3.63) is 21.9 Å². The second-order valence-electron chi connectivity index (χ2n) is 4.43. The summed E-state index contributed by atoms with van der Waals surface area (Å²) in [4.78, 5) is 14.9. The van der Waals surface area contributed by atoms with E-state index < -0.39 is 0 Å². The SMILES string of the molecule is CCC(C)N(C)CCNC(=O)c1sccc1C. The van der Waals surface area contributed by atoms with Crippen LogP contribution in [0.1, 0.15) is 35.5 Å². The summed E-state index contributed by atoms with van der Waals surface area (Å²) >= 11 is 1.50. The molecule has 3 nitrogen and oxygen atoms in total. The van der Waals surface area contributed by atoms with Gasteiger partial charge in [0.1, 0.15) is 0 Å². The topological polar surface area (TPSA) is 32.3 Å². The quantitative estimate of drug-likeness (QED) is 0.846. The molecular weight excluding hydrogens is 232 g/mol. The van der Waals surface area contributed by atoms with Crippen LogP contribution in [0.2, 0.25) is 0 Å². The minimum atomic E-state index is 0.0510. The van der Waals surface area contributed by atoms with Crippen LogP contribution in [-0.2, 0) is 0 Å². The molecule has 0 aliphatic rings. The molecule has 0 fully saturated rings. The number of thiophene rings is 1. The third-order valence-electron chi connectivity index (χ3n) is 3.16. The maximum atomic E-state index is 11.8. The lowest BCUT2D eigenvalue weighted by atomic mass is 10.2. The Morgan fingerprint density at radius 1 is 1.59 bits per heavy atom. The van der Waals surface area contributed by atoms with Gasteiger partial charge in [0.05, 0.1) is 4.88 Å². The molecule has 0 spiro atoms. The standard InChI is InChI=1S/C13H22N2OS/c1-5-11(3)15(4)8-7-14-13(16)12-10(2)6-9-17-12/h6,9,11H,5,7-8H2,1-4H3,(H,14,16). The molecular formula is C13H22N2OS. The second-order valence-corrected chi connectivity index (χ2v) is 5.34. The van der Waals surface area contributed by atoms with Crippen LogP contribution in [0.5, 0.6) is 0 Å². The molecule has 0 bridgehead atoms. The zero-order valence-electron chi connectivity index (χ0n) is 11.1. The summed E-state index contributed by atoms with van der Waals surface area (Å²) in [5.74, 6) is 0.0510. The van der Waals surface area contributed by atoms with Crippen LogP contribution in [0.4, 0.5) is 0 Å². The molecule has 4 heteroatoms. The van der Waals surface area contributed by atoms with Crippen molar-refractivity contribution in [1.29, 1.82) is 0 Å². The van der Waals surface area contributed by atoms with E-state index in [1.54, 1.807) is 0 Å². The number of carbonyl (C=O) groups excluding carboxylic acids is 1. The third-order valence-corrected chi connectivity index (χ3v) is 4.18. The van der Waals surface area contributed by atoms with Crippen LogP contribution in [0.25, 0.3) is 0 Å².